The molecule has 2 aromatic rings. The number of nitrogens with one attached hydrogen (secondary N) is 1. The smallest absolute Gasteiger partial charge is 0.335 e. The van der Waals surface area contributed by atoms with E-state index in [-0.39, 0.29) is 6.04 Å². The third-order valence-corrected chi connectivity index (χ3v) is 4.79. The molecule has 3 heteroatoms. The summed E-state index contributed by atoms with van der Waals surface area (Å²) in [6.07, 6.45) is 5.62. The quantitative estimate of drug-likeness (QED) is 0.815. The van der Waals surface area contributed by atoms with Crippen molar-refractivity contribution in [3.63, 3.8) is 0 Å². The van der Waals surface area contributed by atoms with Crippen molar-refractivity contribution in [1.82, 2.24) is 0 Å². The minimum atomic E-state index is -0.881. The van der Waals surface area contributed by atoms with Crippen LogP contribution in [0.4, 0.5) is 5.69 Å². The Balaban J connectivity index is 1.72. The van der Waals surface area contributed by atoms with Gasteiger partial charge in [-0.2, -0.15) is 0 Å². The summed E-state index contributed by atoms with van der Waals surface area (Å²) in [7, 11) is 0. The Kier molecular flexibility index (Phi) is 3.00. The maximum absolute atomic E-state index is 11.0. The average molecular weight is 291 g/mol. The van der Waals surface area contributed by atoms with Crippen molar-refractivity contribution in [3.8, 4) is 0 Å². The zero-order chi connectivity index (χ0) is 15.1. The van der Waals surface area contributed by atoms with E-state index in [4.69, 9.17) is 5.11 Å². The van der Waals surface area contributed by atoms with Gasteiger partial charge in [-0.3, -0.25) is 0 Å². The fourth-order valence-corrected chi connectivity index (χ4v) is 3.71. The molecule has 1 heterocycles. The summed E-state index contributed by atoms with van der Waals surface area (Å²) in [4.78, 5) is 11.0. The molecule has 2 aliphatic rings. The number of hydrogen-bond donors (Lipinski definition) is 2. The van der Waals surface area contributed by atoms with Crippen LogP contribution in [0.25, 0.3) is 0 Å². The maximum atomic E-state index is 11.0. The molecule has 2 N–H and O–H groups in total. The highest BCUT2D eigenvalue weighted by Crippen LogP contribution is 2.49. The van der Waals surface area contributed by atoms with E-state index in [9.17, 15) is 4.79 Å². The van der Waals surface area contributed by atoms with Crippen LogP contribution in [0.2, 0.25) is 0 Å². The van der Waals surface area contributed by atoms with Gasteiger partial charge in [-0.15, -0.1) is 0 Å². The van der Waals surface area contributed by atoms with Gasteiger partial charge in [-0.05, 0) is 41.7 Å². The zero-order valence-corrected chi connectivity index (χ0v) is 12.1. The van der Waals surface area contributed by atoms with E-state index in [1.165, 1.54) is 11.3 Å². The number of carbonyl (C=O) groups is 1. The van der Waals surface area contributed by atoms with Crippen LogP contribution < -0.4 is 5.32 Å². The highest BCUT2D eigenvalue weighted by Gasteiger charge is 2.37. The number of allylic oxidation sites excluding steroid dienone is 2. The third kappa shape index (κ3) is 2.01. The van der Waals surface area contributed by atoms with Gasteiger partial charge in [-0.25, -0.2) is 4.79 Å². The Labute approximate surface area is 129 Å². The van der Waals surface area contributed by atoms with Crippen LogP contribution in [0, 0.1) is 5.92 Å². The summed E-state index contributed by atoms with van der Waals surface area (Å²) in [6.45, 7) is 0. The van der Waals surface area contributed by atoms with Gasteiger partial charge < -0.3 is 10.4 Å². The summed E-state index contributed by atoms with van der Waals surface area (Å²) in [6, 6.07) is 15.9. The van der Waals surface area contributed by atoms with Crippen molar-refractivity contribution in [2.45, 2.75) is 18.4 Å². The van der Waals surface area contributed by atoms with Crippen molar-refractivity contribution in [2.24, 2.45) is 5.92 Å². The summed E-state index contributed by atoms with van der Waals surface area (Å²) in [5, 5.41) is 12.7. The van der Waals surface area contributed by atoms with E-state index in [2.05, 4.69) is 41.7 Å². The Hall–Kier alpha value is -2.55. The minimum absolute atomic E-state index is 0.220. The van der Waals surface area contributed by atoms with E-state index in [1.807, 2.05) is 12.1 Å². The normalized spacial score (nSPS) is 25.2. The second-order valence-corrected chi connectivity index (χ2v) is 5.99. The lowest BCUT2D eigenvalue weighted by atomic mass is 9.77. The number of hydrogen-bond acceptors (Lipinski definition) is 2. The monoisotopic (exact) mass is 291 g/mol. The molecule has 0 amide bonds. The zero-order valence-electron chi connectivity index (χ0n) is 12.1. The highest BCUT2D eigenvalue weighted by atomic mass is 16.4. The summed E-state index contributed by atoms with van der Waals surface area (Å²) < 4.78 is 0. The molecule has 2 aromatic carbocycles. The molecule has 0 aromatic heterocycles. The lowest BCUT2D eigenvalue weighted by molar-refractivity contribution is 0.0697. The van der Waals surface area contributed by atoms with E-state index in [0.717, 1.165) is 12.0 Å². The molecule has 0 fully saturated rings. The highest BCUT2D eigenvalue weighted by molar-refractivity contribution is 5.87. The lowest BCUT2D eigenvalue weighted by Crippen LogP contribution is -2.28. The third-order valence-electron chi connectivity index (χ3n) is 4.79. The molecule has 22 heavy (non-hydrogen) atoms. The van der Waals surface area contributed by atoms with Gasteiger partial charge in [-0.1, -0.05) is 42.5 Å². The van der Waals surface area contributed by atoms with Crippen LogP contribution in [0.15, 0.2) is 60.7 Å². The first-order valence-corrected chi connectivity index (χ1v) is 7.59. The van der Waals surface area contributed by atoms with E-state index >= 15 is 0 Å². The lowest BCUT2D eigenvalue weighted by Gasteiger charge is -2.37. The topological polar surface area (TPSA) is 49.3 Å². The second kappa shape index (κ2) is 5.02. The molecule has 1 aliphatic heterocycles. The van der Waals surface area contributed by atoms with Crippen LogP contribution in [-0.4, -0.2) is 11.1 Å². The summed E-state index contributed by atoms with van der Waals surface area (Å²) in [5.74, 6) is 0.0566. The fourth-order valence-electron chi connectivity index (χ4n) is 3.71. The molecule has 0 unspecified atom stereocenters. The molecule has 1 aliphatic carbocycles. The van der Waals surface area contributed by atoms with Crippen molar-refractivity contribution >= 4 is 11.7 Å². The van der Waals surface area contributed by atoms with Crippen molar-refractivity contribution < 1.29 is 9.90 Å². The molecular weight excluding hydrogens is 274 g/mol. The first kappa shape index (κ1) is 13.1. The predicted octanol–water partition coefficient (Wildman–Crippen LogP) is 4.21. The number of rotatable bonds is 2. The van der Waals surface area contributed by atoms with Crippen LogP contribution in [0.3, 0.4) is 0 Å². The minimum Gasteiger partial charge on any atom is -0.478 e. The van der Waals surface area contributed by atoms with Crippen LogP contribution in [0.1, 0.15) is 39.9 Å². The van der Waals surface area contributed by atoms with Gasteiger partial charge in [0.05, 0.1) is 11.6 Å². The Morgan fingerprint density at radius 1 is 1.09 bits per heavy atom. The number of fused-ring (bicyclic) bond motifs is 3. The number of anilines is 1. The molecule has 3 atom stereocenters. The number of aromatic carboxylic acids is 1. The molecule has 0 spiro atoms. The van der Waals surface area contributed by atoms with Gasteiger partial charge in [0.15, 0.2) is 0 Å². The first-order valence-electron chi connectivity index (χ1n) is 7.59. The first-order chi connectivity index (χ1) is 10.7. The largest absolute Gasteiger partial charge is 0.478 e. The van der Waals surface area contributed by atoms with E-state index < -0.39 is 5.97 Å². The second-order valence-electron chi connectivity index (χ2n) is 5.99. The average Bonchev–Trinajstić information content (AvgIpc) is 3.04. The maximum Gasteiger partial charge on any atom is 0.335 e. The molecule has 0 saturated heterocycles. The predicted molar refractivity (Wildman–Crippen MR) is 86.2 cm³/mol. The summed E-state index contributed by atoms with van der Waals surface area (Å²) in [5.41, 5.74) is 4.03. The van der Waals surface area contributed by atoms with Crippen molar-refractivity contribution in [3.05, 3.63) is 77.4 Å². The van der Waals surface area contributed by atoms with Crippen LogP contribution >= 0.6 is 0 Å². The molecule has 0 bridgehead atoms. The number of carboxylic acids is 1. The van der Waals surface area contributed by atoms with E-state index in [0.29, 0.717) is 17.4 Å². The van der Waals surface area contributed by atoms with Gasteiger partial charge in [0, 0.05) is 11.6 Å². The van der Waals surface area contributed by atoms with Gasteiger partial charge in [0.25, 0.3) is 0 Å². The molecule has 0 saturated carbocycles. The van der Waals surface area contributed by atoms with Crippen LogP contribution in [-0.2, 0) is 0 Å². The van der Waals surface area contributed by atoms with Crippen molar-refractivity contribution in [2.75, 3.05) is 5.32 Å². The number of carboxylic acid groups (broad SMARTS) is 1. The molecule has 4 rings (SSSR count). The van der Waals surface area contributed by atoms with Gasteiger partial charge >= 0.3 is 5.97 Å². The fraction of sp³-hybridized carbons (Fsp3) is 0.211. The Morgan fingerprint density at radius 3 is 2.64 bits per heavy atom. The van der Waals surface area contributed by atoms with Gasteiger partial charge in [0.1, 0.15) is 0 Å². The number of benzene rings is 2. The van der Waals surface area contributed by atoms with Crippen molar-refractivity contribution in [1.29, 1.82) is 0 Å². The molecular formula is C19H17NO2. The number of para-hydroxylation sites is 1. The Morgan fingerprint density at radius 2 is 1.86 bits per heavy atom. The SMILES string of the molecule is O=C(O)c1ccc([C@@H]2Nc3ccccc3[C@H]3C=CC[C@H]32)cc1. The Bertz CT molecular complexity index is 748. The summed E-state index contributed by atoms with van der Waals surface area (Å²) >= 11 is 0. The molecule has 3 nitrogen and oxygen atoms in total. The van der Waals surface area contributed by atoms with Crippen LogP contribution in [0.5, 0.6) is 0 Å². The standard InChI is InChI=1S/C19H17NO2/c21-19(22)13-10-8-12(9-11-13)18-16-6-3-5-14(16)15-4-1-2-7-17(15)20-18/h1-5,7-11,14,16,18,20H,6H2,(H,21,22)/t14-,16-,18+/m1/s1. The van der Waals surface area contributed by atoms with Gasteiger partial charge in [0.2, 0.25) is 0 Å². The molecule has 0 radical (unpaired) electrons. The molecule has 110 valence electrons. The van der Waals surface area contributed by atoms with E-state index in [1.54, 1.807) is 12.1 Å².